The van der Waals surface area contributed by atoms with Gasteiger partial charge in [0.25, 0.3) is 0 Å². The van der Waals surface area contributed by atoms with E-state index >= 15 is 0 Å². The van der Waals surface area contributed by atoms with Gasteiger partial charge >= 0.3 is 0 Å². The van der Waals surface area contributed by atoms with Crippen LogP contribution in [-0.2, 0) is 9.84 Å². The molecule has 3 nitrogen and oxygen atoms in total. The fourth-order valence-electron chi connectivity index (χ4n) is 2.89. The van der Waals surface area contributed by atoms with Crippen LogP contribution in [0.2, 0.25) is 0 Å². The highest BCUT2D eigenvalue weighted by Gasteiger charge is 2.27. The van der Waals surface area contributed by atoms with Gasteiger partial charge in [0.05, 0.1) is 10.5 Å². The maximum Gasteiger partial charge on any atom is 0.155 e. The van der Waals surface area contributed by atoms with E-state index in [4.69, 9.17) is 0 Å². The minimum Gasteiger partial charge on any atom is -0.372 e. The summed E-state index contributed by atoms with van der Waals surface area (Å²) in [6.45, 7) is 9.74. The zero-order chi connectivity index (χ0) is 18.8. The SMILES string of the molecule is CCN(CCCCCCCCCS(=O)(=O)C(C)(C)C)c1ccccc1. The molecule has 1 rings (SSSR count). The molecule has 0 bridgehead atoms. The molecule has 0 spiro atoms. The van der Waals surface area contributed by atoms with Crippen LogP contribution in [0, 0.1) is 0 Å². The first-order valence-electron chi connectivity index (χ1n) is 9.80. The fraction of sp³-hybridized carbons (Fsp3) is 0.714. The van der Waals surface area contributed by atoms with Gasteiger partial charge in [-0.25, -0.2) is 8.42 Å². The number of hydrogen-bond donors (Lipinski definition) is 0. The largest absolute Gasteiger partial charge is 0.372 e. The summed E-state index contributed by atoms with van der Waals surface area (Å²) in [5.74, 6) is 0.332. The lowest BCUT2D eigenvalue weighted by Gasteiger charge is -2.23. The molecule has 0 unspecified atom stereocenters. The van der Waals surface area contributed by atoms with Gasteiger partial charge < -0.3 is 4.90 Å². The van der Waals surface area contributed by atoms with Crippen LogP contribution in [0.25, 0.3) is 0 Å². The van der Waals surface area contributed by atoms with Crippen LogP contribution in [0.5, 0.6) is 0 Å². The zero-order valence-corrected chi connectivity index (χ0v) is 17.4. The Hall–Kier alpha value is -1.03. The second-order valence-corrected chi connectivity index (χ2v) is 10.7. The maximum atomic E-state index is 12.0. The summed E-state index contributed by atoms with van der Waals surface area (Å²) in [6.07, 6.45) is 7.92. The summed E-state index contributed by atoms with van der Waals surface area (Å²) < 4.78 is 23.4. The summed E-state index contributed by atoms with van der Waals surface area (Å²) in [5, 5.41) is 0. The molecule has 0 saturated heterocycles. The number of anilines is 1. The Balaban J connectivity index is 2.07. The molecule has 0 aliphatic rings. The molecular formula is C21H37NO2S. The minimum absolute atomic E-state index is 0.332. The Morgan fingerprint density at radius 2 is 1.36 bits per heavy atom. The van der Waals surface area contributed by atoms with Crippen LogP contribution >= 0.6 is 0 Å². The number of sulfone groups is 1. The zero-order valence-electron chi connectivity index (χ0n) is 16.6. The maximum absolute atomic E-state index is 12.0. The van der Waals surface area contributed by atoms with Crippen molar-refractivity contribution in [3.8, 4) is 0 Å². The van der Waals surface area contributed by atoms with Gasteiger partial charge in [-0.3, -0.25) is 0 Å². The van der Waals surface area contributed by atoms with Crippen LogP contribution in [0.1, 0.15) is 72.6 Å². The smallest absolute Gasteiger partial charge is 0.155 e. The number of unbranched alkanes of at least 4 members (excludes halogenated alkanes) is 6. The van der Waals surface area contributed by atoms with Gasteiger partial charge in [-0.05, 0) is 52.7 Å². The average Bonchev–Trinajstić information content (AvgIpc) is 2.56. The van der Waals surface area contributed by atoms with Crippen molar-refractivity contribution in [2.24, 2.45) is 0 Å². The second-order valence-electron chi connectivity index (χ2n) is 7.82. The van der Waals surface area contributed by atoms with E-state index in [1.54, 1.807) is 20.8 Å². The highest BCUT2D eigenvalue weighted by atomic mass is 32.2. The standard InChI is InChI=1S/C21H37NO2S/c1-5-22(20-16-12-11-13-17-20)18-14-9-7-6-8-10-15-19-25(23,24)21(2,3)4/h11-13,16-17H,5-10,14-15,18-19H2,1-4H3. The van der Waals surface area contributed by atoms with Gasteiger partial charge in [0.1, 0.15) is 0 Å². The summed E-state index contributed by atoms with van der Waals surface area (Å²) >= 11 is 0. The quantitative estimate of drug-likeness (QED) is 0.461. The molecule has 1 aromatic carbocycles. The number of benzene rings is 1. The normalized spacial score (nSPS) is 12.3. The van der Waals surface area contributed by atoms with Gasteiger partial charge in [-0.15, -0.1) is 0 Å². The summed E-state index contributed by atoms with van der Waals surface area (Å²) in [7, 11) is -2.94. The molecule has 0 aromatic heterocycles. The third-order valence-electron chi connectivity index (χ3n) is 4.78. The molecule has 4 heteroatoms. The van der Waals surface area contributed by atoms with Gasteiger partial charge in [0, 0.05) is 18.8 Å². The van der Waals surface area contributed by atoms with E-state index in [9.17, 15) is 8.42 Å². The predicted octanol–water partition coefficient (Wildman–Crippen LogP) is 5.46. The molecule has 0 fully saturated rings. The van der Waals surface area contributed by atoms with E-state index in [0.29, 0.717) is 5.75 Å². The van der Waals surface area contributed by atoms with Crippen molar-refractivity contribution < 1.29 is 8.42 Å². The number of nitrogens with zero attached hydrogens (tertiary/aromatic N) is 1. The molecule has 0 radical (unpaired) electrons. The van der Waals surface area contributed by atoms with Crippen molar-refractivity contribution in [2.45, 2.75) is 77.4 Å². The van der Waals surface area contributed by atoms with Crippen molar-refractivity contribution in [3.63, 3.8) is 0 Å². The molecule has 0 amide bonds. The second kappa shape index (κ2) is 10.8. The molecule has 1 aromatic rings. The van der Waals surface area contributed by atoms with Crippen LogP contribution in [-0.4, -0.2) is 32.0 Å². The highest BCUT2D eigenvalue weighted by Crippen LogP contribution is 2.18. The monoisotopic (exact) mass is 367 g/mol. The third kappa shape index (κ3) is 8.26. The topological polar surface area (TPSA) is 37.4 Å². The van der Waals surface area contributed by atoms with E-state index in [1.807, 2.05) is 0 Å². The molecule has 144 valence electrons. The first kappa shape index (κ1) is 22.0. The van der Waals surface area contributed by atoms with Crippen molar-refractivity contribution in [3.05, 3.63) is 30.3 Å². The lowest BCUT2D eigenvalue weighted by molar-refractivity contribution is 0.549. The number of hydrogen-bond acceptors (Lipinski definition) is 3. The predicted molar refractivity (Wildman–Crippen MR) is 110 cm³/mol. The molecule has 0 N–H and O–H groups in total. The molecule has 0 saturated carbocycles. The van der Waals surface area contributed by atoms with E-state index in [0.717, 1.165) is 32.4 Å². The van der Waals surface area contributed by atoms with E-state index in [2.05, 4.69) is 42.2 Å². The van der Waals surface area contributed by atoms with E-state index in [1.165, 1.54) is 31.4 Å². The van der Waals surface area contributed by atoms with Crippen molar-refractivity contribution >= 4 is 15.5 Å². The van der Waals surface area contributed by atoms with E-state index < -0.39 is 14.6 Å². The van der Waals surface area contributed by atoms with Gasteiger partial charge in [0.15, 0.2) is 9.84 Å². The lowest BCUT2D eigenvalue weighted by Crippen LogP contribution is -2.30. The van der Waals surface area contributed by atoms with Crippen molar-refractivity contribution in [2.75, 3.05) is 23.7 Å². The molecule has 0 aliphatic carbocycles. The Bertz CT molecular complexity index is 561. The van der Waals surface area contributed by atoms with Gasteiger partial charge in [0.2, 0.25) is 0 Å². The van der Waals surface area contributed by atoms with Crippen LogP contribution in [0.4, 0.5) is 5.69 Å². The van der Waals surface area contributed by atoms with Crippen molar-refractivity contribution in [1.29, 1.82) is 0 Å². The third-order valence-corrected chi connectivity index (χ3v) is 7.47. The first-order chi connectivity index (χ1) is 11.8. The summed E-state index contributed by atoms with van der Waals surface area (Å²) in [6, 6.07) is 10.6. The van der Waals surface area contributed by atoms with E-state index in [-0.39, 0.29) is 0 Å². The van der Waals surface area contributed by atoms with Gasteiger partial charge in [-0.2, -0.15) is 0 Å². The number of rotatable bonds is 12. The summed E-state index contributed by atoms with van der Waals surface area (Å²) in [5.41, 5.74) is 1.31. The van der Waals surface area contributed by atoms with Crippen LogP contribution in [0.3, 0.4) is 0 Å². The minimum atomic E-state index is -2.94. The number of para-hydroxylation sites is 1. The molecule has 0 atom stereocenters. The van der Waals surface area contributed by atoms with Crippen LogP contribution < -0.4 is 4.90 Å². The molecule has 0 aliphatic heterocycles. The lowest BCUT2D eigenvalue weighted by atomic mass is 10.1. The Labute approximate surface area is 155 Å². The fourth-order valence-corrected chi connectivity index (χ4v) is 4.09. The molecule has 25 heavy (non-hydrogen) atoms. The summed E-state index contributed by atoms with van der Waals surface area (Å²) in [4.78, 5) is 2.43. The molecular weight excluding hydrogens is 330 g/mol. The first-order valence-corrected chi connectivity index (χ1v) is 11.5. The molecule has 0 heterocycles. The van der Waals surface area contributed by atoms with Crippen LogP contribution in [0.15, 0.2) is 30.3 Å². The Morgan fingerprint density at radius 1 is 0.840 bits per heavy atom. The van der Waals surface area contributed by atoms with Crippen molar-refractivity contribution in [1.82, 2.24) is 0 Å². The average molecular weight is 368 g/mol. The van der Waals surface area contributed by atoms with Gasteiger partial charge in [-0.1, -0.05) is 50.3 Å². The Kier molecular flexibility index (Phi) is 9.55. The highest BCUT2D eigenvalue weighted by molar-refractivity contribution is 7.92. The Morgan fingerprint density at radius 3 is 1.88 bits per heavy atom.